The van der Waals surface area contributed by atoms with Gasteiger partial charge in [-0.3, -0.25) is 14.6 Å². The van der Waals surface area contributed by atoms with Crippen molar-refractivity contribution in [2.24, 2.45) is 5.92 Å². The van der Waals surface area contributed by atoms with Gasteiger partial charge in [-0.1, -0.05) is 12.1 Å². The van der Waals surface area contributed by atoms with E-state index in [0.29, 0.717) is 36.4 Å². The second kappa shape index (κ2) is 9.82. The van der Waals surface area contributed by atoms with Gasteiger partial charge in [-0.15, -0.1) is 0 Å². The third-order valence-corrected chi connectivity index (χ3v) is 5.47. The van der Waals surface area contributed by atoms with Gasteiger partial charge in [-0.25, -0.2) is 13.4 Å². The molecule has 0 radical (unpaired) electrons. The first-order chi connectivity index (χ1) is 14.6. The predicted octanol–water partition coefficient (Wildman–Crippen LogP) is 3.32. The average molecular weight is 449 g/mol. The minimum absolute atomic E-state index is 0.322. The van der Waals surface area contributed by atoms with E-state index in [1.165, 1.54) is 0 Å². The van der Waals surface area contributed by atoms with E-state index in [4.69, 9.17) is 9.47 Å². The molecule has 1 aliphatic rings. The van der Waals surface area contributed by atoms with E-state index in [0.717, 1.165) is 37.9 Å². The average Bonchev–Trinajstić information content (AvgIpc) is 2.68. The van der Waals surface area contributed by atoms with Crippen LogP contribution < -0.4 is 14.2 Å². The van der Waals surface area contributed by atoms with Crippen molar-refractivity contribution in [3.63, 3.8) is 0 Å². The normalized spacial score (nSPS) is 16.1. The Morgan fingerprint density at radius 3 is 2.48 bits per heavy atom. The van der Waals surface area contributed by atoms with Crippen molar-refractivity contribution in [3.8, 4) is 11.6 Å². The van der Waals surface area contributed by atoms with E-state index in [1.807, 2.05) is 26.8 Å². The van der Waals surface area contributed by atoms with Gasteiger partial charge in [0.15, 0.2) is 0 Å². The number of piperidine rings is 1. The fourth-order valence-electron chi connectivity index (χ4n) is 3.45. The molecule has 0 spiro atoms. The quantitative estimate of drug-likeness (QED) is 0.662. The van der Waals surface area contributed by atoms with E-state index >= 15 is 0 Å². The predicted molar refractivity (Wildman–Crippen MR) is 121 cm³/mol. The maximum atomic E-state index is 11.6. The van der Waals surface area contributed by atoms with Crippen molar-refractivity contribution in [3.05, 3.63) is 42.4 Å². The Hall–Kier alpha value is -2.39. The number of aromatic nitrogens is 2. The van der Waals surface area contributed by atoms with Crippen LogP contribution in [0, 0.1) is 5.92 Å². The molecule has 1 N–H and O–H groups in total. The summed E-state index contributed by atoms with van der Waals surface area (Å²) >= 11 is 0. The van der Waals surface area contributed by atoms with E-state index < -0.39 is 10.0 Å². The molecule has 1 saturated heterocycles. The molecule has 9 heteroatoms. The molecule has 2 aromatic rings. The van der Waals surface area contributed by atoms with Crippen LogP contribution in [0.25, 0.3) is 0 Å². The zero-order chi connectivity index (χ0) is 22.5. The fourth-order valence-corrected chi connectivity index (χ4v) is 4.01. The summed E-state index contributed by atoms with van der Waals surface area (Å²) < 4.78 is 37.5. The maximum Gasteiger partial charge on any atom is 0.237 e. The van der Waals surface area contributed by atoms with Gasteiger partial charge in [-0.05, 0) is 64.8 Å². The molecule has 0 saturated carbocycles. The van der Waals surface area contributed by atoms with E-state index in [9.17, 15) is 8.42 Å². The van der Waals surface area contributed by atoms with Gasteiger partial charge in [0, 0.05) is 18.9 Å². The third kappa shape index (κ3) is 7.66. The van der Waals surface area contributed by atoms with Gasteiger partial charge in [0.05, 0.1) is 18.6 Å². The highest BCUT2D eigenvalue weighted by atomic mass is 32.2. The molecule has 0 amide bonds. The molecule has 0 aliphatic carbocycles. The Morgan fingerprint density at radius 2 is 1.81 bits per heavy atom. The first-order valence-corrected chi connectivity index (χ1v) is 12.4. The molecular formula is C22H32N4O4S. The Kier molecular flexibility index (Phi) is 7.38. The first-order valence-electron chi connectivity index (χ1n) is 10.5. The molecule has 2 heterocycles. The number of nitrogens with one attached hydrogen (secondary N) is 1. The molecule has 0 bridgehead atoms. The molecule has 0 unspecified atom stereocenters. The van der Waals surface area contributed by atoms with Crippen LogP contribution in [-0.4, -0.2) is 54.8 Å². The van der Waals surface area contributed by atoms with Crippen LogP contribution in [-0.2, 0) is 16.6 Å². The molecule has 1 aromatic carbocycles. The molecule has 3 rings (SSSR count). The number of rotatable bonds is 8. The number of ether oxygens (including phenoxy) is 2. The SMILES string of the molecule is CC(C)(C)Oc1nccnc1CN1CCC(COc2ccccc2NS(C)(=O)=O)CC1. The summed E-state index contributed by atoms with van der Waals surface area (Å²) in [5.74, 6) is 1.56. The van der Waals surface area contributed by atoms with Crippen LogP contribution in [0.2, 0.25) is 0 Å². The third-order valence-electron chi connectivity index (χ3n) is 4.88. The molecule has 1 aliphatic heterocycles. The highest BCUT2D eigenvalue weighted by Gasteiger charge is 2.23. The number of benzene rings is 1. The zero-order valence-electron chi connectivity index (χ0n) is 18.7. The second-order valence-corrected chi connectivity index (χ2v) is 10.7. The van der Waals surface area contributed by atoms with Crippen molar-refractivity contribution < 1.29 is 17.9 Å². The van der Waals surface area contributed by atoms with Crippen LogP contribution in [0.5, 0.6) is 11.6 Å². The monoisotopic (exact) mass is 448 g/mol. The summed E-state index contributed by atoms with van der Waals surface area (Å²) in [5.41, 5.74) is 1.00. The summed E-state index contributed by atoms with van der Waals surface area (Å²) in [5, 5.41) is 0. The maximum absolute atomic E-state index is 11.6. The lowest BCUT2D eigenvalue weighted by Crippen LogP contribution is -2.35. The molecule has 170 valence electrons. The lowest BCUT2D eigenvalue weighted by atomic mass is 9.97. The highest BCUT2D eigenvalue weighted by molar-refractivity contribution is 7.92. The summed E-state index contributed by atoms with van der Waals surface area (Å²) in [6, 6.07) is 7.11. The van der Waals surface area contributed by atoms with Crippen LogP contribution in [0.1, 0.15) is 39.3 Å². The standard InChI is InChI=1S/C22H32N4O4S/c1-22(2,3)30-21-19(23-11-12-24-21)15-26-13-9-17(10-14-26)16-29-20-8-6-5-7-18(20)25-31(4,27)28/h5-8,11-12,17,25H,9-10,13-16H2,1-4H3. The lowest BCUT2D eigenvalue weighted by molar-refractivity contribution is 0.112. The van der Waals surface area contributed by atoms with Crippen LogP contribution in [0.4, 0.5) is 5.69 Å². The van der Waals surface area contributed by atoms with Crippen molar-refractivity contribution in [2.75, 3.05) is 30.7 Å². The molecule has 1 fully saturated rings. The summed E-state index contributed by atoms with van der Waals surface area (Å²) in [6.07, 6.45) is 6.49. The van der Waals surface area contributed by atoms with E-state index in [1.54, 1.807) is 30.6 Å². The lowest BCUT2D eigenvalue weighted by Gasteiger charge is -2.32. The van der Waals surface area contributed by atoms with Crippen molar-refractivity contribution >= 4 is 15.7 Å². The number of hydrogen-bond donors (Lipinski definition) is 1. The highest BCUT2D eigenvalue weighted by Crippen LogP contribution is 2.27. The van der Waals surface area contributed by atoms with Crippen LogP contribution >= 0.6 is 0 Å². The number of anilines is 1. The minimum atomic E-state index is -3.35. The Labute approximate surface area is 185 Å². The minimum Gasteiger partial charge on any atom is -0.491 e. The molecule has 8 nitrogen and oxygen atoms in total. The van der Waals surface area contributed by atoms with Crippen molar-refractivity contribution in [1.29, 1.82) is 0 Å². The molecule has 0 atom stereocenters. The van der Waals surface area contributed by atoms with Gasteiger partial charge in [-0.2, -0.15) is 0 Å². The topological polar surface area (TPSA) is 93.7 Å². The summed E-state index contributed by atoms with van der Waals surface area (Å²) in [6.45, 7) is 9.13. The number of hydrogen-bond acceptors (Lipinski definition) is 7. The van der Waals surface area contributed by atoms with Gasteiger partial charge in [0.25, 0.3) is 0 Å². The summed E-state index contributed by atoms with van der Waals surface area (Å²) in [4.78, 5) is 11.2. The Morgan fingerprint density at radius 1 is 1.13 bits per heavy atom. The Bertz CT molecular complexity index is 967. The molecule has 1 aromatic heterocycles. The summed E-state index contributed by atoms with van der Waals surface area (Å²) in [7, 11) is -3.35. The number of nitrogens with zero attached hydrogens (tertiary/aromatic N) is 3. The second-order valence-electron chi connectivity index (χ2n) is 8.92. The Balaban J connectivity index is 1.52. The van der Waals surface area contributed by atoms with Gasteiger partial charge >= 0.3 is 0 Å². The number of sulfonamides is 1. The van der Waals surface area contributed by atoms with Crippen molar-refractivity contribution in [2.45, 2.75) is 45.8 Å². The van der Waals surface area contributed by atoms with E-state index in [-0.39, 0.29) is 5.60 Å². The largest absolute Gasteiger partial charge is 0.491 e. The van der Waals surface area contributed by atoms with E-state index in [2.05, 4.69) is 19.6 Å². The molecule has 31 heavy (non-hydrogen) atoms. The van der Waals surface area contributed by atoms with Crippen LogP contribution in [0.15, 0.2) is 36.7 Å². The van der Waals surface area contributed by atoms with Gasteiger partial charge < -0.3 is 9.47 Å². The number of para-hydroxylation sites is 2. The zero-order valence-corrected chi connectivity index (χ0v) is 19.5. The van der Waals surface area contributed by atoms with Gasteiger partial charge in [0.1, 0.15) is 17.0 Å². The fraction of sp³-hybridized carbons (Fsp3) is 0.545. The van der Waals surface area contributed by atoms with Crippen LogP contribution in [0.3, 0.4) is 0 Å². The number of likely N-dealkylation sites (tertiary alicyclic amines) is 1. The van der Waals surface area contributed by atoms with Crippen molar-refractivity contribution in [1.82, 2.24) is 14.9 Å². The van der Waals surface area contributed by atoms with Gasteiger partial charge in [0.2, 0.25) is 15.9 Å². The smallest absolute Gasteiger partial charge is 0.237 e. The molecular weight excluding hydrogens is 416 g/mol. The first kappa shape index (κ1) is 23.3.